The van der Waals surface area contributed by atoms with Gasteiger partial charge < -0.3 is 20.6 Å². The van der Waals surface area contributed by atoms with Crippen molar-refractivity contribution < 1.29 is 14.7 Å². The maximum absolute atomic E-state index is 12.5. The lowest BCUT2D eigenvalue weighted by Gasteiger charge is -2.25. The smallest absolute Gasteiger partial charge is 0.319 e. The minimum Gasteiger partial charge on any atom is -0.395 e. The molecule has 21 heavy (non-hydrogen) atoms. The van der Waals surface area contributed by atoms with E-state index in [1.54, 1.807) is 4.90 Å². The average Bonchev–Trinajstić information content (AvgIpc) is 2.76. The van der Waals surface area contributed by atoms with Gasteiger partial charge in [0.2, 0.25) is 0 Å². The lowest BCUT2D eigenvalue weighted by atomic mass is 9.95. The normalized spacial score (nSPS) is 21.2. The Morgan fingerprint density at radius 2 is 2.00 bits per heavy atom. The molecule has 1 aromatic rings. The molecule has 6 nitrogen and oxygen atoms in total. The van der Waals surface area contributed by atoms with Crippen LogP contribution in [0.2, 0.25) is 0 Å². The maximum Gasteiger partial charge on any atom is 0.319 e. The van der Waals surface area contributed by atoms with Gasteiger partial charge in [-0.05, 0) is 12.5 Å². The highest BCUT2D eigenvalue weighted by Crippen LogP contribution is 2.32. The average molecular weight is 287 g/mol. The van der Waals surface area contributed by atoms with Gasteiger partial charge in [0.05, 0.1) is 30.5 Å². The number of rotatable bonds is 3. The van der Waals surface area contributed by atoms with Gasteiger partial charge >= 0.3 is 6.03 Å². The zero-order valence-corrected chi connectivity index (χ0v) is 11.7. The minimum atomic E-state index is -0.439. The molecule has 0 aliphatic carbocycles. The fourth-order valence-electron chi connectivity index (χ4n) is 2.74. The molecule has 110 valence electrons. The number of carbonyl (C=O) groups is 2. The number of amides is 3. The van der Waals surface area contributed by atoms with Crippen LogP contribution in [-0.2, 0) is 4.79 Å². The fraction of sp³-hybridized carbons (Fsp3) is 0.333. The summed E-state index contributed by atoms with van der Waals surface area (Å²) in [7, 11) is 0. The van der Waals surface area contributed by atoms with E-state index in [2.05, 4.69) is 10.6 Å². The standard InChI is InChI=1S/C15H17N3O3/c1-9-2-4-10(5-3-9)13-12-11(16-15(21)17-13)8-18(6-7-19)14(12)20/h2-5,13,19H,6-8H2,1H3,(H2,16,17,21). The van der Waals surface area contributed by atoms with E-state index in [4.69, 9.17) is 5.11 Å². The zero-order valence-electron chi connectivity index (χ0n) is 11.7. The Morgan fingerprint density at radius 3 is 2.67 bits per heavy atom. The molecule has 2 aliphatic heterocycles. The summed E-state index contributed by atoms with van der Waals surface area (Å²) in [6.45, 7) is 2.49. The Bertz CT molecular complexity index is 622. The van der Waals surface area contributed by atoms with E-state index in [9.17, 15) is 9.59 Å². The predicted octanol–water partition coefficient (Wildman–Crippen LogP) is 0.438. The van der Waals surface area contributed by atoms with Crippen LogP contribution < -0.4 is 10.6 Å². The number of β-amino-alcohol motifs (C(OH)–C–C–N with tert-alkyl or cyclic N) is 1. The fourth-order valence-corrected chi connectivity index (χ4v) is 2.74. The van der Waals surface area contributed by atoms with Crippen molar-refractivity contribution in [1.29, 1.82) is 0 Å². The van der Waals surface area contributed by atoms with E-state index in [1.807, 2.05) is 31.2 Å². The van der Waals surface area contributed by atoms with Crippen LogP contribution in [0.25, 0.3) is 0 Å². The van der Waals surface area contributed by atoms with Gasteiger partial charge in [0.1, 0.15) is 0 Å². The SMILES string of the molecule is Cc1ccc(C2NC(=O)NC3=C2C(=O)N(CCO)C3)cc1. The number of aryl methyl sites for hydroxylation is 1. The van der Waals surface area contributed by atoms with Gasteiger partial charge in [0.25, 0.3) is 5.91 Å². The first kappa shape index (κ1) is 13.6. The van der Waals surface area contributed by atoms with Crippen LogP contribution in [0.3, 0.4) is 0 Å². The Kier molecular flexibility index (Phi) is 3.39. The molecular weight excluding hydrogens is 270 g/mol. The molecule has 1 aromatic carbocycles. The maximum atomic E-state index is 12.5. The van der Waals surface area contributed by atoms with Crippen molar-refractivity contribution in [1.82, 2.24) is 15.5 Å². The minimum absolute atomic E-state index is 0.0944. The van der Waals surface area contributed by atoms with Crippen molar-refractivity contribution in [3.63, 3.8) is 0 Å². The Balaban J connectivity index is 1.96. The number of carbonyl (C=O) groups excluding carboxylic acids is 2. The monoisotopic (exact) mass is 287 g/mol. The Hall–Kier alpha value is -2.34. The van der Waals surface area contributed by atoms with Crippen LogP contribution in [0.1, 0.15) is 17.2 Å². The third-order valence-electron chi connectivity index (χ3n) is 3.80. The third kappa shape index (κ3) is 2.38. The van der Waals surface area contributed by atoms with Crippen molar-refractivity contribution in [2.75, 3.05) is 19.7 Å². The van der Waals surface area contributed by atoms with Gasteiger partial charge in [-0.1, -0.05) is 29.8 Å². The summed E-state index contributed by atoms with van der Waals surface area (Å²) in [5, 5.41) is 14.5. The Labute approximate surface area is 122 Å². The lowest BCUT2D eigenvalue weighted by Crippen LogP contribution is -2.44. The highest BCUT2D eigenvalue weighted by atomic mass is 16.3. The van der Waals surface area contributed by atoms with Crippen LogP contribution in [0, 0.1) is 6.92 Å². The molecule has 3 N–H and O–H groups in total. The molecule has 1 unspecified atom stereocenters. The highest BCUT2D eigenvalue weighted by molar-refractivity contribution is 6.01. The summed E-state index contributed by atoms with van der Waals surface area (Å²) in [6.07, 6.45) is 0. The molecule has 0 saturated carbocycles. The molecule has 3 amide bonds. The highest BCUT2D eigenvalue weighted by Gasteiger charge is 2.39. The van der Waals surface area contributed by atoms with Gasteiger partial charge in [-0.3, -0.25) is 4.79 Å². The number of urea groups is 1. The van der Waals surface area contributed by atoms with Crippen LogP contribution in [0.4, 0.5) is 4.79 Å². The summed E-state index contributed by atoms with van der Waals surface area (Å²) in [4.78, 5) is 25.8. The first-order valence-electron chi connectivity index (χ1n) is 6.87. The third-order valence-corrected chi connectivity index (χ3v) is 3.80. The topological polar surface area (TPSA) is 81.7 Å². The van der Waals surface area contributed by atoms with E-state index >= 15 is 0 Å². The van der Waals surface area contributed by atoms with E-state index < -0.39 is 6.04 Å². The Morgan fingerprint density at radius 1 is 1.29 bits per heavy atom. The van der Waals surface area contributed by atoms with Crippen molar-refractivity contribution in [3.05, 3.63) is 46.7 Å². The summed E-state index contributed by atoms with van der Waals surface area (Å²) in [5.74, 6) is -0.142. The number of nitrogens with zero attached hydrogens (tertiary/aromatic N) is 1. The molecule has 3 rings (SSSR count). The number of aliphatic hydroxyl groups is 1. The van der Waals surface area contributed by atoms with E-state index in [0.29, 0.717) is 17.8 Å². The molecule has 0 saturated heterocycles. The van der Waals surface area contributed by atoms with Crippen LogP contribution >= 0.6 is 0 Å². The summed E-state index contributed by atoms with van der Waals surface area (Å²) in [6, 6.07) is 6.99. The lowest BCUT2D eigenvalue weighted by molar-refractivity contribution is -0.126. The number of aliphatic hydroxyl groups excluding tert-OH is 1. The summed E-state index contributed by atoms with van der Waals surface area (Å²) >= 11 is 0. The zero-order chi connectivity index (χ0) is 15.0. The molecule has 0 fully saturated rings. The molecule has 2 aliphatic rings. The first-order valence-corrected chi connectivity index (χ1v) is 6.87. The van der Waals surface area contributed by atoms with Crippen molar-refractivity contribution in [3.8, 4) is 0 Å². The number of benzene rings is 1. The van der Waals surface area contributed by atoms with Crippen molar-refractivity contribution in [2.45, 2.75) is 13.0 Å². The van der Waals surface area contributed by atoms with Crippen LogP contribution in [-0.4, -0.2) is 41.6 Å². The molecule has 2 heterocycles. The van der Waals surface area contributed by atoms with Crippen LogP contribution in [0.15, 0.2) is 35.5 Å². The number of nitrogens with one attached hydrogen (secondary N) is 2. The predicted molar refractivity (Wildman–Crippen MR) is 76.3 cm³/mol. The van der Waals surface area contributed by atoms with Gasteiger partial charge in [-0.15, -0.1) is 0 Å². The molecule has 0 bridgehead atoms. The van der Waals surface area contributed by atoms with E-state index in [1.165, 1.54) is 0 Å². The largest absolute Gasteiger partial charge is 0.395 e. The second-order valence-corrected chi connectivity index (χ2v) is 5.28. The summed E-state index contributed by atoms with van der Waals surface area (Å²) in [5.41, 5.74) is 3.18. The number of hydrogen-bond donors (Lipinski definition) is 3. The van der Waals surface area contributed by atoms with Gasteiger partial charge in [-0.2, -0.15) is 0 Å². The van der Waals surface area contributed by atoms with Crippen molar-refractivity contribution in [2.24, 2.45) is 0 Å². The van der Waals surface area contributed by atoms with Crippen LogP contribution in [0.5, 0.6) is 0 Å². The number of hydrogen-bond acceptors (Lipinski definition) is 3. The first-order chi connectivity index (χ1) is 10.1. The second kappa shape index (κ2) is 5.21. The molecular formula is C15H17N3O3. The molecule has 6 heteroatoms. The molecule has 0 aromatic heterocycles. The van der Waals surface area contributed by atoms with Crippen molar-refractivity contribution >= 4 is 11.9 Å². The molecule has 1 atom stereocenters. The quantitative estimate of drug-likeness (QED) is 0.754. The van der Waals surface area contributed by atoms with Gasteiger partial charge in [0.15, 0.2) is 0 Å². The van der Waals surface area contributed by atoms with E-state index in [-0.39, 0.29) is 25.1 Å². The van der Waals surface area contributed by atoms with Gasteiger partial charge in [0, 0.05) is 6.54 Å². The molecule has 0 spiro atoms. The second-order valence-electron chi connectivity index (χ2n) is 5.28. The van der Waals surface area contributed by atoms with E-state index in [0.717, 1.165) is 11.1 Å². The summed E-state index contributed by atoms with van der Waals surface area (Å²) < 4.78 is 0. The van der Waals surface area contributed by atoms with Gasteiger partial charge in [-0.25, -0.2) is 4.79 Å². The molecule has 0 radical (unpaired) electrons.